The van der Waals surface area contributed by atoms with Crippen LogP contribution < -0.4 is 4.72 Å². The zero-order valence-electron chi connectivity index (χ0n) is 14.1. The van der Waals surface area contributed by atoms with Gasteiger partial charge >= 0.3 is 0 Å². The molecule has 0 aliphatic carbocycles. The van der Waals surface area contributed by atoms with Crippen molar-refractivity contribution in [3.05, 3.63) is 64.2 Å². The lowest BCUT2D eigenvalue weighted by molar-refractivity contribution is 0.482. The predicted molar refractivity (Wildman–Crippen MR) is 102 cm³/mol. The zero-order chi connectivity index (χ0) is 18.4. The topological polar surface area (TPSA) is 66.4 Å². The van der Waals surface area contributed by atoms with E-state index < -0.39 is 10.0 Å². The second-order valence-electron chi connectivity index (χ2n) is 6.11. The van der Waals surface area contributed by atoms with Crippen molar-refractivity contribution in [2.24, 2.45) is 0 Å². The molecule has 25 heavy (non-hydrogen) atoms. The molecule has 0 heterocycles. The Kier molecular flexibility index (Phi) is 4.39. The fraction of sp³-hybridized carbons (Fsp3) is 0.158. The molecule has 0 unspecified atom stereocenters. The van der Waals surface area contributed by atoms with Crippen molar-refractivity contribution in [2.45, 2.75) is 25.7 Å². The van der Waals surface area contributed by atoms with Crippen LogP contribution in [0.5, 0.6) is 5.75 Å². The predicted octanol–water partition coefficient (Wildman–Crippen LogP) is 4.92. The van der Waals surface area contributed by atoms with E-state index in [9.17, 15) is 13.5 Å². The van der Waals surface area contributed by atoms with Crippen molar-refractivity contribution in [3.8, 4) is 5.75 Å². The number of benzene rings is 3. The standard InChI is InChI=1S/C19H18ClNO3S/c1-11-8-13(3)18(9-12(11)2)25(23,24)21-17-10-16(20)19(22)15-7-5-4-6-14(15)17/h4-10,21-22H,1-3H3. The Morgan fingerprint density at radius 1 is 0.920 bits per heavy atom. The fourth-order valence-corrected chi connectivity index (χ4v) is 4.43. The van der Waals surface area contributed by atoms with E-state index in [1.807, 2.05) is 19.9 Å². The highest BCUT2D eigenvalue weighted by Gasteiger charge is 2.20. The lowest BCUT2D eigenvalue weighted by atomic mass is 10.1. The van der Waals surface area contributed by atoms with E-state index in [-0.39, 0.29) is 15.7 Å². The number of phenols is 1. The summed E-state index contributed by atoms with van der Waals surface area (Å²) in [5.41, 5.74) is 2.94. The Balaban J connectivity index is 2.16. The minimum absolute atomic E-state index is 0.0671. The number of rotatable bonds is 3. The number of aryl methyl sites for hydroxylation is 3. The summed E-state index contributed by atoms with van der Waals surface area (Å²) < 4.78 is 28.4. The summed E-state index contributed by atoms with van der Waals surface area (Å²) in [6, 6.07) is 11.9. The first kappa shape index (κ1) is 17.6. The molecule has 3 rings (SSSR count). The summed E-state index contributed by atoms with van der Waals surface area (Å²) in [6.45, 7) is 5.59. The molecule has 0 radical (unpaired) electrons. The molecule has 0 aromatic heterocycles. The first-order valence-electron chi connectivity index (χ1n) is 7.71. The van der Waals surface area contributed by atoms with E-state index in [0.717, 1.165) is 11.1 Å². The molecule has 0 amide bonds. The Morgan fingerprint density at radius 2 is 1.52 bits per heavy atom. The lowest BCUT2D eigenvalue weighted by Gasteiger charge is -2.15. The molecular formula is C19H18ClNO3S. The third kappa shape index (κ3) is 3.17. The Morgan fingerprint density at radius 3 is 2.20 bits per heavy atom. The zero-order valence-corrected chi connectivity index (χ0v) is 15.7. The van der Waals surface area contributed by atoms with Crippen LogP contribution in [-0.2, 0) is 10.0 Å². The van der Waals surface area contributed by atoms with Crippen LogP contribution in [0.25, 0.3) is 10.8 Å². The smallest absolute Gasteiger partial charge is 0.262 e. The number of hydrogen-bond acceptors (Lipinski definition) is 3. The van der Waals surface area contributed by atoms with Gasteiger partial charge in [0, 0.05) is 10.8 Å². The summed E-state index contributed by atoms with van der Waals surface area (Å²) in [4.78, 5) is 0.226. The van der Waals surface area contributed by atoms with Crippen LogP contribution in [-0.4, -0.2) is 13.5 Å². The number of anilines is 1. The van der Waals surface area contributed by atoms with Gasteiger partial charge in [-0.3, -0.25) is 4.72 Å². The molecule has 3 aromatic rings. The van der Waals surface area contributed by atoms with Gasteiger partial charge in [-0.1, -0.05) is 41.9 Å². The molecule has 0 fully saturated rings. The van der Waals surface area contributed by atoms with Gasteiger partial charge in [-0.15, -0.1) is 0 Å². The van der Waals surface area contributed by atoms with Gasteiger partial charge in [-0.25, -0.2) is 8.42 Å². The molecule has 0 spiro atoms. The molecule has 0 saturated heterocycles. The first-order chi connectivity index (χ1) is 11.7. The quantitative estimate of drug-likeness (QED) is 0.638. The average Bonchev–Trinajstić information content (AvgIpc) is 2.55. The molecule has 2 N–H and O–H groups in total. The second kappa shape index (κ2) is 6.24. The van der Waals surface area contributed by atoms with Gasteiger partial charge in [0.15, 0.2) is 0 Å². The van der Waals surface area contributed by atoms with Crippen LogP contribution in [0.4, 0.5) is 5.69 Å². The van der Waals surface area contributed by atoms with Gasteiger partial charge in [0.05, 0.1) is 15.6 Å². The number of fused-ring (bicyclic) bond motifs is 1. The number of sulfonamides is 1. The number of phenolic OH excluding ortho intramolecular Hbond substituents is 1. The summed E-state index contributed by atoms with van der Waals surface area (Å²) >= 11 is 6.06. The number of halogens is 1. The second-order valence-corrected chi connectivity index (χ2v) is 8.17. The van der Waals surface area contributed by atoms with Crippen molar-refractivity contribution in [1.82, 2.24) is 0 Å². The maximum atomic E-state index is 12.9. The van der Waals surface area contributed by atoms with Gasteiger partial charge in [-0.2, -0.15) is 0 Å². The summed E-state index contributed by atoms with van der Waals surface area (Å²) in [7, 11) is -3.79. The van der Waals surface area contributed by atoms with Gasteiger partial charge in [0.2, 0.25) is 0 Å². The number of nitrogens with one attached hydrogen (secondary N) is 1. The van der Waals surface area contributed by atoms with Gasteiger partial charge < -0.3 is 5.11 Å². The van der Waals surface area contributed by atoms with Crippen molar-refractivity contribution < 1.29 is 13.5 Å². The van der Waals surface area contributed by atoms with Crippen molar-refractivity contribution in [2.75, 3.05) is 4.72 Å². The number of aromatic hydroxyl groups is 1. The Labute approximate surface area is 152 Å². The van der Waals surface area contributed by atoms with E-state index in [1.54, 1.807) is 37.3 Å². The highest BCUT2D eigenvalue weighted by atomic mass is 35.5. The summed E-state index contributed by atoms with van der Waals surface area (Å²) in [5.74, 6) is -0.0671. The van der Waals surface area contributed by atoms with E-state index in [2.05, 4.69) is 4.72 Å². The molecule has 130 valence electrons. The van der Waals surface area contributed by atoms with Crippen LogP contribution in [0.3, 0.4) is 0 Å². The van der Waals surface area contributed by atoms with Crippen molar-refractivity contribution >= 4 is 38.1 Å². The van der Waals surface area contributed by atoms with E-state index in [0.29, 0.717) is 22.0 Å². The largest absolute Gasteiger partial charge is 0.506 e. The maximum Gasteiger partial charge on any atom is 0.262 e. The van der Waals surface area contributed by atoms with E-state index in [1.165, 1.54) is 6.07 Å². The van der Waals surface area contributed by atoms with Crippen LogP contribution in [0.1, 0.15) is 16.7 Å². The van der Waals surface area contributed by atoms with Gasteiger partial charge in [0.1, 0.15) is 5.75 Å². The molecule has 4 nitrogen and oxygen atoms in total. The Hall–Kier alpha value is -2.24. The molecular weight excluding hydrogens is 358 g/mol. The first-order valence-corrected chi connectivity index (χ1v) is 9.57. The average molecular weight is 376 g/mol. The van der Waals surface area contributed by atoms with E-state index in [4.69, 9.17) is 11.6 Å². The summed E-state index contributed by atoms with van der Waals surface area (Å²) in [6.07, 6.45) is 0. The fourth-order valence-electron chi connectivity index (χ4n) is 2.83. The normalized spacial score (nSPS) is 11.7. The SMILES string of the molecule is Cc1cc(C)c(S(=O)(=O)Nc2cc(Cl)c(O)c3ccccc23)cc1C. The molecule has 6 heteroatoms. The van der Waals surface area contributed by atoms with Crippen LogP contribution in [0.2, 0.25) is 5.02 Å². The van der Waals surface area contributed by atoms with Gasteiger partial charge in [0.25, 0.3) is 10.0 Å². The minimum atomic E-state index is -3.79. The number of hydrogen-bond donors (Lipinski definition) is 2. The molecule has 0 aliphatic heterocycles. The van der Waals surface area contributed by atoms with Crippen molar-refractivity contribution in [1.29, 1.82) is 0 Å². The van der Waals surface area contributed by atoms with Gasteiger partial charge in [-0.05, 0) is 49.6 Å². The lowest BCUT2D eigenvalue weighted by Crippen LogP contribution is -2.15. The summed E-state index contributed by atoms with van der Waals surface area (Å²) in [5, 5.41) is 11.3. The minimum Gasteiger partial charge on any atom is -0.506 e. The molecule has 0 saturated carbocycles. The maximum absolute atomic E-state index is 12.9. The van der Waals surface area contributed by atoms with Crippen LogP contribution in [0.15, 0.2) is 47.4 Å². The third-order valence-corrected chi connectivity index (χ3v) is 6.09. The van der Waals surface area contributed by atoms with E-state index >= 15 is 0 Å². The van der Waals surface area contributed by atoms with Crippen LogP contribution >= 0.6 is 11.6 Å². The Bertz CT molecular complexity index is 1090. The molecule has 0 atom stereocenters. The highest BCUT2D eigenvalue weighted by Crippen LogP contribution is 2.38. The molecule has 0 bridgehead atoms. The van der Waals surface area contributed by atoms with Crippen LogP contribution in [0, 0.1) is 20.8 Å². The third-order valence-electron chi connectivity index (χ3n) is 4.29. The van der Waals surface area contributed by atoms with Crippen molar-refractivity contribution in [3.63, 3.8) is 0 Å². The monoisotopic (exact) mass is 375 g/mol. The highest BCUT2D eigenvalue weighted by molar-refractivity contribution is 7.92. The molecule has 3 aromatic carbocycles. The molecule has 0 aliphatic rings.